The summed E-state index contributed by atoms with van der Waals surface area (Å²) in [5.74, 6) is 0.279. The molecular weight excluding hydrogens is 353 g/mol. The monoisotopic (exact) mass is 379 g/mol. The van der Waals surface area contributed by atoms with Gasteiger partial charge in [-0.1, -0.05) is 30.3 Å². The zero-order valence-electron chi connectivity index (χ0n) is 16.1. The number of aliphatic hydroxyl groups excluding tert-OH is 2. The van der Waals surface area contributed by atoms with Crippen molar-refractivity contribution in [2.24, 2.45) is 5.92 Å². The molecule has 0 aromatic heterocycles. The van der Waals surface area contributed by atoms with Crippen molar-refractivity contribution in [1.82, 2.24) is 0 Å². The molecule has 1 heterocycles. The lowest BCUT2D eigenvalue weighted by Gasteiger charge is -2.43. The first-order chi connectivity index (χ1) is 13.5. The molecule has 1 aliphatic heterocycles. The van der Waals surface area contributed by atoms with Crippen LogP contribution < -0.4 is 4.90 Å². The summed E-state index contributed by atoms with van der Waals surface area (Å²) in [6, 6.07) is 13.1. The Morgan fingerprint density at radius 2 is 2.04 bits per heavy atom. The van der Waals surface area contributed by atoms with Crippen LogP contribution in [0.3, 0.4) is 0 Å². The zero-order valence-corrected chi connectivity index (χ0v) is 16.1. The van der Waals surface area contributed by atoms with Crippen LogP contribution >= 0.6 is 0 Å². The van der Waals surface area contributed by atoms with Crippen molar-refractivity contribution in [3.8, 4) is 11.1 Å². The molecule has 1 aliphatic carbocycles. The Morgan fingerprint density at radius 3 is 2.79 bits per heavy atom. The van der Waals surface area contributed by atoms with Crippen LogP contribution in [0.5, 0.6) is 0 Å². The normalized spacial score (nSPS) is 22.5. The number of anilines is 1. The van der Waals surface area contributed by atoms with Gasteiger partial charge in [0.1, 0.15) is 11.6 Å². The third-order valence-corrected chi connectivity index (χ3v) is 5.72. The Morgan fingerprint density at radius 1 is 1.21 bits per heavy atom. The van der Waals surface area contributed by atoms with Crippen LogP contribution in [-0.4, -0.2) is 28.9 Å². The summed E-state index contributed by atoms with van der Waals surface area (Å²) >= 11 is 0. The molecular formula is C24H26FNO2. The van der Waals surface area contributed by atoms with E-state index in [1.165, 1.54) is 11.6 Å². The molecule has 0 amide bonds. The Bertz CT molecular complexity index is 919. The summed E-state index contributed by atoms with van der Waals surface area (Å²) in [7, 11) is 0. The van der Waals surface area contributed by atoms with Gasteiger partial charge in [-0.15, -0.1) is 0 Å². The SMILES string of the molecule is C[C@@H](O)CN1c2cccc(-c3cccc(F)c3)c2CC[C@@H]1C1C=C(O)C=CC1. The molecule has 3 atom stereocenters. The van der Waals surface area contributed by atoms with Gasteiger partial charge in [-0.2, -0.15) is 0 Å². The summed E-state index contributed by atoms with van der Waals surface area (Å²) in [5, 5.41) is 20.1. The highest BCUT2D eigenvalue weighted by Gasteiger charge is 2.33. The van der Waals surface area contributed by atoms with E-state index in [0.29, 0.717) is 12.3 Å². The first-order valence-corrected chi connectivity index (χ1v) is 9.93. The third-order valence-electron chi connectivity index (χ3n) is 5.72. The van der Waals surface area contributed by atoms with Crippen molar-refractivity contribution in [2.45, 2.75) is 38.3 Å². The van der Waals surface area contributed by atoms with Crippen LogP contribution in [-0.2, 0) is 6.42 Å². The summed E-state index contributed by atoms with van der Waals surface area (Å²) < 4.78 is 13.8. The molecule has 2 aromatic carbocycles. The molecule has 4 rings (SSSR count). The Labute approximate surface area is 165 Å². The van der Waals surface area contributed by atoms with Crippen molar-refractivity contribution < 1.29 is 14.6 Å². The van der Waals surface area contributed by atoms with Gasteiger partial charge in [-0.25, -0.2) is 4.39 Å². The molecule has 28 heavy (non-hydrogen) atoms. The van der Waals surface area contributed by atoms with Gasteiger partial charge in [0.05, 0.1) is 6.10 Å². The maximum Gasteiger partial charge on any atom is 0.123 e. The van der Waals surface area contributed by atoms with E-state index in [0.717, 1.165) is 36.1 Å². The van der Waals surface area contributed by atoms with E-state index in [1.807, 2.05) is 30.4 Å². The first-order valence-electron chi connectivity index (χ1n) is 9.93. The maximum atomic E-state index is 13.8. The number of allylic oxidation sites excluding steroid dienone is 2. The van der Waals surface area contributed by atoms with Gasteiger partial charge in [0, 0.05) is 24.2 Å². The Kier molecular flexibility index (Phi) is 5.23. The summed E-state index contributed by atoms with van der Waals surface area (Å²) in [5.41, 5.74) is 4.23. The highest BCUT2D eigenvalue weighted by atomic mass is 19.1. The molecule has 2 aromatic rings. The number of β-amino-alcohol motifs (C(OH)–C–C–N with tert-alkyl or cyclic N) is 1. The molecule has 0 spiro atoms. The molecule has 1 unspecified atom stereocenters. The van der Waals surface area contributed by atoms with Crippen LogP contribution in [0.1, 0.15) is 25.3 Å². The lowest BCUT2D eigenvalue weighted by Crippen LogP contribution is -2.47. The molecule has 2 aliphatic rings. The summed E-state index contributed by atoms with van der Waals surface area (Å²) in [6.45, 7) is 2.33. The van der Waals surface area contributed by atoms with Gasteiger partial charge in [0.25, 0.3) is 0 Å². The van der Waals surface area contributed by atoms with Crippen LogP contribution in [0.2, 0.25) is 0 Å². The number of benzene rings is 2. The quantitative estimate of drug-likeness (QED) is 0.785. The molecule has 4 heteroatoms. The predicted octanol–water partition coefficient (Wildman–Crippen LogP) is 5.01. The van der Waals surface area contributed by atoms with E-state index in [2.05, 4.69) is 11.0 Å². The van der Waals surface area contributed by atoms with Crippen molar-refractivity contribution in [3.63, 3.8) is 0 Å². The minimum Gasteiger partial charge on any atom is -0.508 e. The highest BCUT2D eigenvalue weighted by molar-refractivity contribution is 5.75. The topological polar surface area (TPSA) is 43.7 Å². The lowest BCUT2D eigenvalue weighted by molar-refractivity contribution is 0.192. The highest BCUT2D eigenvalue weighted by Crippen LogP contribution is 2.41. The first kappa shape index (κ1) is 18.8. The van der Waals surface area contributed by atoms with Gasteiger partial charge >= 0.3 is 0 Å². The molecule has 0 saturated heterocycles. The fraction of sp³-hybridized carbons (Fsp3) is 0.333. The number of aliphatic hydroxyl groups is 2. The van der Waals surface area contributed by atoms with Crippen molar-refractivity contribution in [2.75, 3.05) is 11.4 Å². The van der Waals surface area contributed by atoms with Crippen LogP contribution in [0.15, 0.2) is 66.5 Å². The molecule has 2 N–H and O–H groups in total. The Balaban J connectivity index is 1.75. The minimum atomic E-state index is -0.469. The fourth-order valence-corrected chi connectivity index (χ4v) is 4.58. The molecule has 0 fully saturated rings. The molecule has 0 saturated carbocycles. The van der Waals surface area contributed by atoms with Gasteiger partial charge in [-0.3, -0.25) is 0 Å². The number of hydrogen-bond acceptors (Lipinski definition) is 3. The predicted molar refractivity (Wildman–Crippen MR) is 111 cm³/mol. The minimum absolute atomic E-state index is 0.203. The van der Waals surface area contributed by atoms with Gasteiger partial charge in [0.2, 0.25) is 0 Å². The summed E-state index contributed by atoms with van der Waals surface area (Å²) in [6.07, 6.45) is 7.91. The largest absolute Gasteiger partial charge is 0.508 e. The zero-order chi connectivity index (χ0) is 19.7. The van der Waals surface area contributed by atoms with E-state index in [9.17, 15) is 14.6 Å². The van der Waals surface area contributed by atoms with Gasteiger partial charge in [0.15, 0.2) is 0 Å². The van der Waals surface area contributed by atoms with Crippen molar-refractivity contribution >= 4 is 5.69 Å². The van der Waals surface area contributed by atoms with Gasteiger partial charge in [-0.05, 0) is 73.2 Å². The van der Waals surface area contributed by atoms with E-state index < -0.39 is 6.10 Å². The second kappa shape index (κ2) is 7.80. The van der Waals surface area contributed by atoms with Gasteiger partial charge < -0.3 is 15.1 Å². The van der Waals surface area contributed by atoms with E-state index in [1.54, 1.807) is 25.1 Å². The van der Waals surface area contributed by atoms with E-state index in [-0.39, 0.29) is 17.8 Å². The number of hydrogen-bond donors (Lipinski definition) is 2. The smallest absolute Gasteiger partial charge is 0.123 e. The maximum absolute atomic E-state index is 13.8. The Hall–Kier alpha value is -2.59. The average Bonchev–Trinajstić information content (AvgIpc) is 2.67. The number of fused-ring (bicyclic) bond motifs is 1. The van der Waals surface area contributed by atoms with E-state index >= 15 is 0 Å². The van der Waals surface area contributed by atoms with Crippen LogP contribution in [0.4, 0.5) is 10.1 Å². The fourth-order valence-electron chi connectivity index (χ4n) is 4.58. The van der Waals surface area contributed by atoms with Crippen molar-refractivity contribution in [3.05, 3.63) is 77.8 Å². The standard InChI is InChI=1S/C24H26FNO2/c1-16(27)15-26-23(18-6-3-8-20(28)14-18)12-11-22-21(9-4-10-24(22)26)17-5-2-7-19(25)13-17/h2-5,7-10,13-14,16,18,23,27-28H,6,11-12,15H2,1H3/t16-,18?,23-/m1/s1. The number of halogens is 1. The van der Waals surface area contributed by atoms with Crippen LogP contribution in [0.25, 0.3) is 11.1 Å². The van der Waals surface area contributed by atoms with Crippen LogP contribution in [0, 0.1) is 11.7 Å². The average molecular weight is 379 g/mol. The second-order valence-electron chi connectivity index (χ2n) is 7.81. The molecule has 0 radical (unpaired) electrons. The molecule has 146 valence electrons. The lowest BCUT2D eigenvalue weighted by atomic mass is 9.81. The van der Waals surface area contributed by atoms with E-state index in [4.69, 9.17) is 0 Å². The second-order valence-corrected chi connectivity index (χ2v) is 7.81. The van der Waals surface area contributed by atoms with Crippen molar-refractivity contribution in [1.29, 1.82) is 0 Å². The molecule has 3 nitrogen and oxygen atoms in total. The summed E-state index contributed by atoms with van der Waals surface area (Å²) in [4.78, 5) is 2.28. The number of nitrogens with zero attached hydrogens (tertiary/aromatic N) is 1. The molecule has 0 bridgehead atoms. The third kappa shape index (κ3) is 3.69. The number of rotatable bonds is 4.